The molecule has 5 heteroatoms. The highest BCUT2D eigenvalue weighted by molar-refractivity contribution is 8.13. The molecule has 1 heterocycles. The first-order valence-electron chi connectivity index (χ1n) is 4.85. The van der Waals surface area contributed by atoms with Gasteiger partial charge in [0.2, 0.25) is 9.05 Å². The molecule has 0 aliphatic rings. The molecule has 0 unspecified atom stereocenters. The molecule has 1 aromatic heterocycles. The third-order valence-corrected chi connectivity index (χ3v) is 3.50. The number of aryl methyl sites for hydroxylation is 2. The van der Waals surface area contributed by atoms with E-state index in [4.69, 9.17) is 15.1 Å². The van der Waals surface area contributed by atoms with Crippen LogP contribution >= 0.6 is 10.7 Å². The molecule has 0 spiro atoms. The lowest BCUT2D eigenvalue weighted by atomic mass is 10.1. The lowest BCUT2D eigenvalue weighted by Gasteiger charge is -1.98. The van der Waals surface area contributed by atoms with Crippen LogP contribution in [0.4, 0.5) is 0 Å². The van der Waals surface area contributed by atoms with Crippen molar-refractivity contribution >= 4 is 30.7 Å². The SMILES string of the molecule is Cc1cc2ccc(CCS(=O)(=O)Cl)cc2o1. The van der Waals surface area contributed by atoms with E-state index in [9.17, 15) is 8.42 Å². The lowest BCUT2D eigenvalue weighted by Crippen LogP contribution is -2.00. The molecule has 0 atom stereocenters. The second-order valence-corrected chi connectivity index (χ2v) is 6.62. The minimum absolute atomic E-state index is 0.0558. The summed E-state index contributed by atoms with van der Waals surface area (Å²) < 4.78 is 27.1. The Kier molecular flexibility index (Phi) is 2.95. The van der Waals surface area contributed by atoms with Crippen LogP contribution in [-0.4, -0.2) is 14.2 Å². The molecular formula is C11H11ClO3S. The van der Waals surface area contributed by atoms with Crippen molar-refractivity contribution in [3.05, 3.63) is 35.6 Å². The van der Waals surface area contributed by atoms with E-state index in [0.29, 0.717) is 6.42 Å². The van der Waals surface area contributed by atoms with Gasteiger partial charge in [-0.05, 0) is 31.0 Å². The Hall–Kier alpha value is -1.00. The highest BCUT2D eigenvalue weighted by Gasteiger charge is 2.07. The number of fused-ring (bicyclic) bond motifs is 1. The molecule has 0 aliphatic heterocycles. The predicted octanol–water partition coefficient (Wildman–Crippen LogP) is 2.85. The van der Waals surface area contributed by atoms with E-state index >= 15 is 0 Å². The molecule has 2 rings (SSSR count). The molecule has 16 heavy (non-hydrogen) atoms. The van der Waals surface area contributed by atoms with Gasteiger partial charge in [0, 0.05) is 16.1 Å². The average Bonchev–Trinajstić information content (AvgIpc) is 2.52. The van der Waals surface area contributed by atoms with Gasteiger partial charge in [-0.25, -0.2) is 8.42 Å². The molecule has 0 saturated carbocycles. The summed E-state index contributed by atoms with van der Waals surface area (Å²) in [7, 11) is 1.73. The second-order valence-electron chi connectivity index (χ2n) is 3.72. The van der Waals surface area contributed by atoms with Gasteiger partial charge < -0.3 is 4.42 Å². The van der Waals surface area contributed by atoms with E-state index in [1.807, 2.05) is 31.2 Å². The molecule has 0 fully saturated rings. The average molecular weight is 259 g/mol. The molecule has 0 radical (unpaired) electrons. The summed E-state index contributed by atoms with van der Waals surface area (Å²) in [6.07, 6.45) is 0.404. The minimum Gasteiger partial charge on any atom is -0.461 e. The van der Waals surface area contributed by atoms with Gasteiger partial charge in [-0.2, -0.15) is 0 Å². The zero-order valence-electron chi connectivity index (χ0n) is 8.73. The van der Waals surface area contributed by atoms with Gasteiger partial charge >= 0.3 is 0 Å². The Morgan fingerprint density at radius 3 is 2.75 bits per heavy atom. The van der Waals surface area contributed by atoms with Crippen LogP contribution in [0.15, 0.2) is 28.7 Å². The molecule has 1 aromatic carbocycles. The van der Waals surface area contributed by atoms with E-state index in [-0.39, 0.29) is 5.75 Å². The molecular weight excluding hydrogens is 248 g/mol. The van der Waals surface area contributed by atoms with E-state index in [2.05, 4.69) is 0 Å². The van der Waals surface area contributed by atoms with Crippen molar-refractivity contribution in [1.82, 2.24) is 0 Å². The monoisotopic (exact) mass is 258 g/mol. The minimum atomic E-state index is -3.43. The Morgan fingerprint density at radius 1 is 1.31 bits per heavy atom. The Labute approximate surface area is 98.4 Å². The topological polar surface area (TPSA) is 47.3 Å². The fraction of sp³-hybridized carbons (Fsp3) is 0.273. The summed E-state index contributed by atoms with van der Waals surface area (Å²) in [6, 6.07) is 7.60. The first kappa shape index (κ1) is 11.5. The highest BCUT2D eigenvalue weighted by Crippen LogP contribution is 2.20. The zero-order chi connectivity index (χ0) is 11.8. The summed E-state index contributed by atoms with van der Waals surface area (Å²) in [4.78, 5) is 0. The van der Waals surface area contributed by atoms with E-state index in [1.54, 1.807) is 0 Å². The molecule has 0 saturated heterocycles. The summed E-state index contributed by atoms with van der Waals surface area (Å²) in [5, 5.41) is 1.02. The maximum absolute atomic E-state index is 10.8. The van der Waals surface area contributed by atoms with E-state index < -0.39 is 9.05 Å². The maximum atomic E-state index is 10.8. The number of rotatable bonds is 3. The normalized spacial score (nSPS) is 12.1. The molecule has 0 bridgehead atoms. The fourth-order valence-electron chi connectivity index (χ4n) is 1.60. The molecule has 0 aliphatic carbocycles. The summed E-state index contributed by atoms with van der Waals surface area (Å²) in [6.45, 7) is 1.88. The van der Waals surface area contributed by atoms with Gasteiger partial charge in [-0.15, -0.1) is 0 Å². The predicted molar refractivity (Wildman–Crippen MR) is 64.3 cm³/mol. The van der Waals surface area contributed by atoms with Crippen molar-refractivity contribution < 1.29 is 12.8 Å². The van der Waals surface area contributed by atoms with Gasteiger partial charge in [0.05, 0.1) is 5.75 Å². The maximum Gasteiger partial charge on any atom is 0.232 e. The van der Waals surface area contributed by atoms with Crippen LogP contribution in [0.1, 0.15) is 11.3 Å². The zero-order valence-corrected chi connectivity index (χ0v) is 10.3. The van der Waals surface area contributed by atoms with E-state index in [1.165, 1.54) is 0 Å². The first-order valence-corrected chi connectivity index (χ1v) is 7.33. The fourth-order valence-corrected chi connectivity index (χ4v) is 2.31. The van der Waals surface area contributed by atoms with Gasteiger partial charge in [-0.3, -0.25) is 0 Å². The van der Waals surface area contributed by atoms with Crippen LogP contribution in [0.2, 0.25) is 0 Å². The molecule has 0 amide bonds. The Bertz CT molecular complexity index is 613. The number of benzene rings is 1. The van der Waals surface area contributed by atoms with Crippen molar-refractivity contribution in [2.75, 3.05) is 5.75 Å². The summed E-state index contributed by atoms with van der Waals surface area (Å²) in [5.41, 5.74) is 1.69. The molecule has 0 N–H and O–H groups in total. The number of halogens is 1. The summed E-state index contributed by atoms with van der Waals surface area (Å²) >= 11 is 0. The lowest BCUT2D eigenvalue weighted by molar-refractivity contribution is 0.578. The van der Waals surface area contributed by atoms with Crippen molar-refractivity contribution in [3.63, 3.8) is 0 Å². The Balaban J connectivity index is 2.25. The standard InChI is InChI=1S/C11H11ClO3S/c1-8-6-10-3-2-9(7-11(10)15-8)4-5-16(12,13)14/h2-3,6-7H,4-5H2,1H3. The number of furan rings is 1. The highest BCUT2D eigenvalue weighted by atomic mass is 35.7. The van der Waals surface area contributed by atoms with Crippen LogP contribution in [-0.2, 0) is 15.5 Å². The third-order valence-electron chi connectivity index (χ3n) is 2.34. The van der Waals surface area contributed by atoms with Crippen molar-refractivity contribution in [3.8, 4) is 0 Å². The van der Waals surface area contributed by atoms with Gasteiger partial charge in [-0.1, -0.05) is 12.1 Å². The van der Waals surface area contributed by atoms with Gasteiger partial charge in [0.1, 0.15) is 11.3 Å². The first-order chi connectivity index (χ1) is 7.44. The van der Waals surface area contributed by atoms with Crippen LogP contribution in [0.25, 0.3) is 11.0 Å². The third kappa shape index (κ3) is 2.77. The van der Waals surface area contributed by atoms with Crippen LogP contribution in [0, 0.1) is 6.92 Å². The van der Waals surface area contributed by atoms with Crippen molar-refractivity contribution in [1.29, 1.82) is 0 Å². The largest absolute Gasteiger partial charge is 0.461 e. The second kappa shape index (κ2) is 4.11. The van der Waals surface area contributed by atoms with Crippen LogP contribution in [0.5, 0.6) is 0 Å². The smallest absolute Gasteiger partial charge is 0.232 e. The number of hydrogen-bond acceptors (Lipinski definition) is 3. The van der Waals surface area contributed by atoms with Crippen LogP contribution in [0.3, 0.4) is 0 Å². The molecule has 86 valence electrons. The molecule has 2 aromatic rings. The Morgan fingerprint density at radius 2 is 2.06 bits per heavy atom. The van der Waals surface area contributed by atoms with Gasteiger partial charge in [0.15, 0.2) is 0 Å². The molecule has 3 nitrogen and oxygen atoms in total. The van der Waals surface area contributed by atoms with Crippen molar-refractivity contribution in [2.24, 2.45) is 0 Å². The number of hydrogen-bond donors (Lipinski definition) is 0. The van der Waals surface area contributed by atoms with Gasteiger partial charge in [0.25, 0.3) is 0 Å². The van der Waals surface area contributed by atoms with Crippen molar-refractivity contribution in [2.45, 2.75) is 13.3 Å². The van der Waals surface area contributed by atoms with Crippen LogP contribution < -0.4 is 0 Å². The summed E-state index contributed by atoms with van der Waals surface area (Å²) in [5.74, 6) is 0.789. The quantitative estimate of drug-likeness (QED) is 0.796. The van der Waals surface area contributed by atoms with E-state index in [0.717, 1.165) is 22.3 Å².